The van der Waals surface area contributed by atoms with Crippen LogP contribution in [0.5, 0.6) is 0 Å². The molecule has 1 N–H and O–H groups in total. The van der Waals surface area contributed by atoms with Crippen molar-refractivity contribution in [3.05, 3.63) is 59.7 Å². The predicted molar refractivity (Wildman–Crippen MR) is 118 cm³/mol. The highest BCUT2D eigenvalue weighted by molar-refractivity contribution is 5.78. The highest BCUT2D eigenvalue weighted by Gasteiger charge is 2.31. The lowest BCUT2D eigenvalue weighted by molar-refractivity contribution is -0.127. The van der Waals surface area contributed by atoms with Gasteiger partial charge in [0, 0.05) is 56.9 Å². The summed E-state index contributed by atoms with van der Waals surface area (Å²) in [5.74, 6) is 0.288. The Bertz CT molecular complexity index is 819. The molecule has 30 heavy (non-hydrogen) atoms. The summed E-state index contributed by atoms with van der Waals surface area (Å²) in [6.45, 7) is 7.78. The second kappa shape index (κ2) is 10.1. The molecular weight excluding hydrogens is 374 g/mol. The van der Waals surface area contributed by atoms with Gasteiger partial charge in [-0.25, -0.2) is 0 Å². The number of carbonyl (C=O) groups excluding carboxylic acids is 1. The van der Waals surface area contributed by atoms with E-state index >= 15 is 0 Å². The summed E-state index contributed by atoms with van der Waals surface area (Å²) >= 11 is 0. The first kappa shape index (κ1) is 20.9. The van der Waals surface area contributed by atoms with Gasteiger partial charge in [0.2, 0.25) is 5.91 Å². The van der Waals surface area contributed by atoms with Crippen molar-refractivity contribution in [3.63, 3.8) is 0 Å². The van der Waals surface area contributed by atoms with Crippen LogP contribution in [-0.4, -0.2) is 57.9 Å². The fraction of sp³-hybridized carbons (Fsp3) is 0.542. The number of carbonyl (C=O) groups is 1. The van der Waals surface area contributed by atoms with E-state index in [4.69, 9.17) is 0 Å². The second-order valence-electron chi connectivity index (χ2n) is 8.69. The van der Waals surface area contributed by atoms with E-state index in [1.165, 1.54) is 12.8 Å². The van der Waals surface area contributed by atoms with Gasteiger partial charge in [-0.15, -0.1) is 0 Å². The van der Waals surface area contributed by atoms with Gasteiger partial charge in [0.25, 0.3) is 0 Å². The monoisotopic (exact) mass is 407 g/mol. The Balaban J connectivity index is 1.23. The van der Waals surface area contributed by atoms with Gasteiger partial charge in [0.05, 0.1) is 11.6 Å². The van der Waals surface area contributed by atoms with E-state index in [1.807, 2.05) is 18.3 Å². The zero-order valence-corrected chi connectivity index (χ0v) is 18.0. The fourth-order valence-electron chi connectivity index (χ4n) is 4.75. The predicted octanol–water partition coefficient (Wildman–Crippen LogP) is 2.78. The van der Waals surface area contributed by atoms with Gasteiger partial charge < -0.3 is 5.32 Å². The van der Waals surface area contributed by atoms with E-state index in [0.29, 0.717) is 12.6 Å². The number of aromatic nitrogens is 2. The molecule has 0 saturated carbocycles. The van der Waals surface area contributed by atoms with E-state index in [9.17, 15) is 4.79 Å². The molecule has 2 fully saturated rings. The molecule has 0 aromatic carbocycles. The maximum atomic E-state index is 12.7. The lowest BCUT2D eigenvalue weighted by atomic mass is 9.93. The van der Waals surface area contributed by atoms with Crippen LogP contribution in [0.2, 0.25) is 0 Å². The molecule has 0 aliphatic carbocycles. The summed E-state index contributed by atoms with van der Waals surface area (Å²) in [5.41, 5.74) is 3.30. The summed E-state index contributed by atoms with van der Waals surface area (Å²) in [7, 11) is 0. The van der Waals surface area contributed by atoms with Gasteiger partial charge in [0.15, 0.2) is 0 Å². The molecule has 2 aliphatic rings. The van der Waals surface area contributed by atoms with E-state index in [1.54, 1.807) is 6.20 Å². The van der Waals surface area contributed by atoms with E-state index in [0.717, 1.165) is 62.5 Å². The average molecular weight is 408 g/mol. The van der Waals surface area contributed by atoms with Crippen LogP contribution in [0.25, 0.3) is 0 Å². The molecule has 0 bridgehead atoms. The van der Waals surface area contributed by atoms with E-state index in [-0.39, 0.29) is 11.8 Å². The molecule has 0 unspecified atom stereocenters. The van der Waals surface area contributed by atoms with Crippen LogP contribution in [0.4, 0.5) is 0 Å². The maximum Gasteiger partial charge on any atom is 0.224 e. The first-order valence-corrected chi connectivity index (χ1v) is 11.2. The number of hydrogen-bond donors (Lipinski definition) is 1. The number of pyridine rings is 2. The molecule has 2 saturated heterocycles. The Kier molecular flexibility index (Phi) is 7.07. The van der Waals surface area contributed by atoms with Crippen LogP contribution in [0, 0.1) is 12.8 Å². The number of rotatable bonds is 6. The first-order chi connectivity index (χ1) is 14.7. The number of likely N-dealkylation sites (tertiary alicyclic amines) is 2. The molecule has 1 atom stereocenters. The molecule has 0 spiro atoms. The van der Waals surface area contributed by atoms with Crippen LogP contribution >= 0.6 is 0 Å². The molecule has 160 valence electrons. The summed E-state index contributed by atoms with van der Waals surface area (Å²) in [6, 6.07) is 10.8. The largest absolute Gasteiger partial charge is 0.352 e. The molecule has 2 aromatic heterocycles. The second-order valence-corrected chi connectivity index (χ2v) is 8.69. The van der Waals surface area contributed by atoms with Crippen LogP contribution in [0.3, 0.4) is 0 Å². The minimum atomic E-state index is 0.102. The van der Waals surface area contributed by atoms with Gasteiger partial charge in [-0.05, 0) is 62.9 Å². The van der Waals surface area contributed by atoms with Crippen LogP contribution in [0.15, 0.2) is 42.7 Å². The summed E-state index contributed by atoms with van der Waals surface area (Å²) in [4.78, 5) is 26.6. The molecule has 2 aliphatic heterocycles. The van der Waals surface area contributed by atoms with Crippen molar-refractivity contribution < 1.29 is 4.79 Å². The Hall–Kier alpha value is -2.31. The third-order valence-corrected chi connectivity index (χ3v) is 6.42. The standard InChI is InChI=1S/C24H33N5O/c1-19-5-2-8-22(27-19)18-28-13-9-23(10-14-28)29-12-4-7-21(17-29)24(30)26-16-20-6-3-11-25-15-20/h2-3,5-6,8,11,15,21,23H,4,7,9-10,12-14,16-18H2,1H3,(H,26,30)/t21-/m0/s1. The van der Waals surface area contributed by atoms with Gasteiger partial charge in [-0.3, -0.25) is 24.6 Å². The Morgan fingerprint density at radius 2 is 2.00 bits per heavy atom. The lowest BCUT2D eigenvalue weighted by Crippen LogP contribution is -2.50. The maximum absolute atomic E-state index is 12.7. The van der Waals surface area contributed by atoms with Crippen molar-refractivity contribution >= 4 is 5.91 Å². The fourth-order valence-corrected chi connectivity index (χ4v) is 4.75. The van der Waals surface area contributed by atoms with Crippen LogP contribution in [0.1, 0.15) is 42.6 Å². The quantitative estimate of drug-likeness (QED) is 0.798. The smallest absolute Gasteiger partial charge is 0.224 e. The van der Waals surface area contributed by atoms with E-state index in [2.05, 4.69) is 50.2 Å². The molecule has 1 amide bonds. The number of aryl methyl sites for hydroxylation is 1. The zero-order chi connectivity index (χ0) is 20.8. The third kappa shape index (κ3) is 5.64. The van der Waals surface area contributed by atoms with Crippen LogP contribution in [-0.2, 0) is 17.9 Å². The summed E-state index contributed by atoms with van der Waals surface area (Å²) in [5, 5.41) is 3.11. The summed E-state index contributed by atoms with van der Waals surface area (Å²) < 4.78 is 0. The summed E-state index contributed by atoms with van der Waals surface area (Å²) in [6.07, 6.45) is 8.03. The molecular formula is C24H33N5O. The molecule has 0 radical (unpaired) electrons. The lowest BCUT2D eigenvalue weighted by Gasteiger charge is -2.42. The number of hydrogen-bond acceptors (Lipinski definition) is 5. The Morgan fingerprint density at radius 1 is 1.13 bits per heavy atom. The topological polar surface area (TPSA) is 61.4 Å². The van der Waals surface area contributed by atoms with Crippen LogP contribution < -0.4 is 5.32 Å². The van der Waals surface area contributed by atoms with Gasteiger partial charge in [-0.1, -0.05) is 12.1 Å². The van der Waals surface area contributed by atoms with Crippen molar-refractivity contribution in [2.24, 2.45) is 5.92 Å². The number of nitrogens with one attached hydrogen (secondary N) is 1. The highest BCUT2D eigenvalue weighted by atomic mass is 16.1. The van der Waals surface area contributed by atoms with Gasteiger partial charge in [-0.2, -0.15) is 0 Å². The zero-order valence-electron chi connectivity index (χ0n) is 18.0. The van der Waals surface area contributed by atoms with Crippen molar-refractivity contribution in [1.29, 1.82) is 0 Å². The number of piperidine rings is 2. The normalized spacial score (nSPS) is 21.4. The van der Waals surface area contributed by atoms with Gasteiger partial charge >= 0.3 is 0 Å². The minimum Gasteiger partial charge on any atom is -0.352 e. The average Bonchev–Trinajstić information content (AvgIpc) is 2.79. The molecule has 4 heterocycles. The van der Waals surface area contributed by atoms with Gasteiger partial charge in [0.1, 0.15) is 0 Å². The third-order valence-electron chi connectivity index (χ3n) is 6.42. The Labute approximate surface area is 179 Å². The van der Waals surface area contributed by atoms with Crippen molar-refractivity contribution in [1.82, 2.24) is 25.1 Å². The van der Waals surface area contributed by atoms with Crippen molar-refractivity contribution in [3.8, 4) is 0 Å². The highest BCUT2D eigenvalue weighted by Crippen LogP contribution is 2.24. The number of amides is 1. The van der Waals surface area contributed by atoms with Crippen molar-refractivity contribution in [2.75, 3.05) is 26.2 Å². The number of nitrogens with zero attached hydrogens (tertiary/aromatic N) is 4. The molecule has 6 heteroatoms. The Morgan fingerprint density at radius 3 is 2.77 bits per heavy atom. The van der Waals surface area contributed by atoms with Crippen molar-refractivity contribution in [2.45, 2.75) is 51.7 Å². The minimum absolute atomic E-state index is 0.102. The molecule has 6 nitrogen and oxygen atoms in total. The first-order valence-electron chi connectivity index (χ1n) is 11.2. The SMILES string of the molecule is Cc1cccc(CN2CCC(N3CCC[C@H](C(=O)NCc4cccnc4)C3)CC2)n1. The molecule has 2 aromatic rings. The van der Waals surface area contributed by atoms with E-state index < -0.39 is 0 Å². The molecule has 4 rings (SSSR count).